The van der Waals surface area contributed by atoms with E-state index in [0.717, 1.165) is 39.3 Å². The molecule has 2 N–H and O–H groups in total. The Labute approximate surface area is 327 Å². The van der Waals surface area contributed by atoms with Crippen molar-refractivity contribution in [1.29, 1.82) is 0 Å². The Kier molecular flexibility index (Phi) is 10.6. The van der Waals surface area contributed by atoms with Crippen LogP contribution in [0.3, 0.4) is 0 Å². The molecule has 0 bridgehead atoms. The number of amides is 4. The van der Waals surface area contributed by atoms with E-state index in [0.29, 0.717) is 47.4 Å². The topological polar surface area (TPSA) is 136 Å². The van der Waals surface area contributed by atoms with E-state index in [1.165, 1.54) is 4.90 Å². The molecule has 56 heavy (non-hydrogen) atoms. The van der Waals surface area contributed by atoms with Gasteiger partial charge in [-0.05, 0) is 80.1 Å². The van der Waals surface area contributed by atoms with Crippen molar-refractivity contribution < 1.29 is 14.4 Å². The Morgan fingerprint density at radius 2 is 1.62 bits per heavy atom. The van der Waals surface area contributed by atoms with Crippen LogP contribution in [0.1, 0.15) is 72.4 Å². The summed E-state index contributed by atoms with van der Waals surface area (Å²) >= 11 is 0. The molecule has 0 fully saturated rings. The molecule has 5 aromatic rings. The van der Waals surface area contributed by atoms with Crippen molar-refractivity contribution in [3.8, 4) is 0 Å². The lowest BCUT2D eigenvalue weighted by Crippen LogP contribution is -2.46. The molecule has 2 aliphatic rings. The molecular weight excluding hydrogens is 703 g/mol. The van der Waals surface area contributed by atoms with Crippen LogP contribution in [0, 0.1) is 25.7 Å². The molecule has 2 aromatic heterocycles. The molecule has 1 atom stereocenters. The fourth-order valence-corrected chi connectivity index (χ4v) is 7.07. The number of nitrogens with one attached hydrogen (secondary N) is 2. The predicted octanol–water partition coefficient (Wildman–Crippen LogP) is 8.32. The number of urea groups is 1. The molecule has 2 aliphatic heterocycles. The van der Waals surface area contributed by atoms with Gasteiger partial charge < -0.3 is 15.5 Å². The lowest BCUT2D eigenvalue weighted by molar-refractivity contribution is -0.120. The van der Waals surface area contributed by atoms with Crippen LogP contribution in [0.2, 0.25) is 0 Å². The maximum atomic E-state index is 14.2. The van der Waals surface area contributed by atoms with E-state index in [1.807, 2.05) is 79.4 Å². The highest BCUT2D eigenvalue weighted by molar-refractivity contribution is 6.21. The van der Waals surface area contributed by atoms with E-state index >= 15 is 0 Å². The average Bonchev–Trinajstić information content (AvgIpc) is 3.28. The van der Waals surface area contributed by atoms with Crippen molar-refractivity contribution in [2.45, 2.75) is 60.5 Å². The summed E-state index contributed by atoms with van der Waals surface area (Å²) in [7, 11) is 1.68. The van der Waals surface area contributed by atoms with Gasteiger partial charge in [-0.15, -0.1) is 0 Å². The van der Waals surface area contributed by atoms with Gasteiger partial charge in [-0.2, -0.15) is 4.98 Å². The van der Waals surface area contributed by atoms with Gasteiger partial charge in [0, 0.05) is 53.4 Å². The molecule has 0 radical (unpaired) electrons. The third-order valence-electron chi connectivity index (χ3n) is 9.86. The first-order valence-corrected chi connectivity index (χ1v) is 19.0. The molecule has 0 saturated heterocycles. The molecule has 0 spiro atoms. The third-order valence-corrected chi connectivity index (χ3v) is 9.86. The highest BCUT2D eigenvalue weighted by Crippen LogP contribution is 2.35. The first kappa shape index (κ1) is 37.9. The highest BCUT2D eigenvalue weighted by Gasteiger charge is 2.34. The van der Waals surface area contributed by atoms with E-state index < -0.39 is 6.04 Å². The number of aryl methyl sites for hydroxylation is 2. The summed E-state index contributed by atoms with van der Waals surface area (Å²) in [5.74, 6) is 0.892. The second-order valence-electron chi connectivity index (χ2n) is 15.3. The minimum atomic E-state index is -0.551. The number of aromatic nitrogens is 3. The van der Waals surface area contributed by atoms with Crippen LogP contribution < -0.4 is 25.3 Å². The van der Waals surface area contributed by atoms with Gasteiger partial charge in [-0.25, -0.2) is 9.78 Å². The molecule has 12 nitrogen and oxygen atoms in total. The van der Waals surface area contributed by atoms with Crippen LogP contribution >= 0.6 is 0 Å². The Morgan fingerprint density at radius 3 is 2.34 bits per heavy atom. The van der Waals surface area contributed by atoms with Gasteiger partial charge in [0.05, 0.1) is 35.5 Å². The molecule has 12 heteroatoms. The SMILES string of the molecule is Cc1ccc(Nc2ncc3c(n2)N(C)C(=O)N(c2cc(NC(=O)c4ccc5c(c4)N(CC(C)C)C(=O)C(CC(C)C)N=C5c4ccccc4)ccc2C)C3)cn1. The number of hydrogen-bond acceptors (Lipinski definition) is 8. The molecule has 4 amide bonds. The summed E-state index contributed by atoms with van der Waals surface area (Å²) in [5.41, 5.74) is 7.94. The Hall–Kier alpha value is -6.43. The Balaban J connectivity index is 1.17. The number of benzene rings is 3. The second-order valence-corrected chi connectivity index (χ2v) is 15.3. The Morgan fingerprint density at radius 1 is 0.857 bits per heavy atom. The van der Waals surface area contributed by atoms with E-state index in [-0.39, 0.29) is 36.2 Å². The van der Waals surface area contributed by atoms with Gasteiger partial charge in [0.2, 0.25) is 5.95 Å². The van der Waals surface area contributed by atoms with Crippen molar-refractivity contribution in [3.63, 3.8) is 0 Å². The third kappa shape index (κ3) is 7.86. The number of rotatable bonds is 10. The largest absolute Gasteiger partial charge is 0.330 e. The first-order valence-electron chi connectivity index (χ1n) is 19.0. The molecule has 7 rings (SSSR count). The fourth-order valence-electron chi connectivity index (χ4n) is 7.07. The van der Waals surface area contributed by atoms with E-state index in [9.17, 15) is 14.4 Å². The number of fused-ring (bicyclic) bond motifs is 2. The van der Waals surface area contributed by atoms with Gasteiger partial charge in [0.1, 0.15) is 11.9 Å². The van der Waals surface area contributed by atoms with E-state index in [2.05, 4.69) is 53.3 Å². The van der Waals surface area contributed by atoms with Crippen molar-refractivity contribution in [3.05, 3.63) is 125 Å². The molecule has 1 unspecified atom stereocenters. The van der Waals surface area contributed by atoms with Crippen molar-refractivity contribution in [2.75, 3.05) is 38.9 Å². The predicted molar refractivity (Wildman–Crippen MR) is 222 cm³/mol. The lowest BCUT2D eigenvalue weighted by atomic mass is 9.98. The summed E-state index contributed by atoms with van der Waals surface area (Å²) in [6.07, 6.45) is 4.03. The zero-order valence-corrected chi connectivity index (χ0v) is 32.9. The maximum absolute atomic E-state index is 14.2. The minimum absolute atomic E-state index is 0.0699. The average molecular weight is 750 g/mol. The van der Waals surface area contributed by atoms with Gasteiger partial charge in [-0.3, -0.25) is 29.4 Å². The van der Waals surface area contributed by atoms with Gasteiger partial charge in [0.25, 0.3) is 11.8 Å². The van der Waals surface area contributed by atoms with Crippen molar-refractivity contribution >= 4 is 58.1 Å². The molecule has 4 heterocycles. The monoisotopic (exact) mass is 749 g/mol. The number of pyridine rings is 1. The quantitative estimate of drug-likeness (QED) is 0.147. The summed E-state index contributed by atoms with van der Waals surface area (Å²) in [6, 6.07) is 23.8. The molecular formula is C44H47N9O3. The highest BCUT2D eigenvalue weighted by atomic mass is 16.2. The Bertz CT molecular complexity index is 2320. The summed E-state index contributed by atoms with van der Waals surface area (Å²) < 4.78 is 0. The zero-order chi connectivity index (χ0) is 39.7. The number of carbonyl (C=O) groups excluding carboxylic acids is 3. The van der Waals surface area contributed by atoms with E-state index in [1.54, 1.807) is 42.5 Å². The van der Waals surface area contributed by atoms with Crippen LogP contribution in [-0.2, 0) is 11.3 Å². The normalized spacial score (nSPS) is 15.4. The summed E-state index contributed by atoms with van der Waals surface area (Å²) in [5, 5.41) is 6.21. The second kappa shape index (κ2) is 15.7. The van der Waals surface area contributed by atoms with Crippen LogP contribution in [0.4, 0.5) is 39.3 Å². The zero-order valence-electron chi connectivity index (χ0n) is 32.9. The fraction of sp³-hybridized carbons (Fsp3) is 0.295. The van der Waals surface area contributed by atoms with Crippen LogP contribution in [0.5, 0.6) is 0 Å². The molecule has 0 saturated carbocycles. The minimum Gasteiger partial charge on any atom is -0.323 e. The van der Waals surface area contributed by atoms with Crippen LogP contribution in [0.25, 0.3) is 0 Å². The van der Waals surface area contributed by atoms with E-state index in [4.69, 9.17) is 4.99 Å². The lowest BCUT2D eigenvalue weighted by Gasteiger charge is -2.35. The molecule has 0 aliphatic carbocycles. The van der Waals surface area contributed by atoms with Crippen LogP contribution in [-0.4, -0.2) is 58.1 Å². The number of aliphatic imine (C=N–C) groups is 1. The number of anilines is 6. The van der Waals surface area contributed by atoms with Gasteiger partial charge in [-0.1, -0.05) is 64.1 Å². The number of nitrogens with zero attached hydrogens (tertiary/aromatic N) is 7. The van der Waals surface area contributed by atoms with Crippen molar-refractivity contribution in [1.82, 2.24) is 15.0 Å². The summed E-state index contributed by atoms with van der Waals surface area (Å²) in [4.78, 5) is 65.6. The number of benzodiazepines with no additional fused rings is 1. The van der Waals surface area contributed by atoms with Gasteiger partial charge in [0.15, 0.2) is 0 Å². The van der Waals surface area contributed by atoms with Gasteiger partial charge >= 0.3 is 6.03 Å². The maximum Gasteiger partial charge on any atom is 0.330 e. The van der Waals surface area contributed by atoms with Crippen LogP contribution in [0.15, 0.2) is 96.2 Å². The number of hydrogen-bond donors (Lipinski definition) is 2. The standard InChI is InChI=1S/C44H47N9O3/c1-26(2)19-36-42(55)52(24-27(3)4)38-20-31(15-18-35(38)39(49-36)30-11-9-8-10-12-30)41(54)47-33-16-13-28(5)37(21-33)53-25-32-22-46-43(50-40(32)51(7)44(53)56)48-34-17-14-29(6)45-23-34/h8-18,20-23,26-27,36H,19,24-25H2,1-7H3,(H,47,54)(H,46,48,50). The first-order chi connectivity index (χ1) is 26.9. The smallest absolute Gasteiger partial charge is 0.323 e. The van der Waals surface area contributed by atoms with Crippen molar-refractivity contribution in [2.24, 2.45) is 16.8 Å². The summed E-state index contributed by atoms with van der Waals surface area (Å²) in [6.45, 7) is 12.9. The number of carbonyl (C=O) groups is 3. The molecule has 286 valence electrons. The molecule has 3 aromatic carbocycles.